The van der Waals surface area contributed by atoms with Gasteiger partial charge in [-0.25, -0.2) is 0 Å². The number of nitrogens with one attached hydrogen (secondary N) is 2. The summed E-state index contributed by atoms with van der Waals surface area (Å²) < 4.78 is 11.0. The van der Waals surface area contributed by atoms with Crippen LogP contribution in [0.15, 0.2) is 24.3 Å². The lowest BCUT2D eigenvalue weighted by atomic mass is 9.86. The van der Waals surface area contributed by atoms with Crippen molar-refractivity contribution in [3.05, 3.63) is 35.5 Å². The minimum atomic E-state index is -0.0896. The summed E-state index contributed by atoms with van der Waals surface area (Å²) in [5.74, 6) is 2.25. The van der Waals surface area contributed by atoms with E-state index < -0.39 is 0 Å². The SMILES string of the molecule is COc1cc(C(C)=O)ccc1OCCCC(=O)Nc1cc(CC2CCCCC2)[nH]n1. The minimum Gasteiger partial charge on any atom is -0.493 e. The molecule has 7 nitrogen and oxygen atoms in total. The number of anilines is 1. The second-order valence-corrected chi connectivity index (χ2v) is 7.91. The molecular weight excluding hydrogens is 382 g/mol. The fourth-order valence-corrected chi connectivity index (χ4v) is 3.86. The maximum absolute atomic E-state index is 12.2. The normalized spacial score (nSPS) is 14.3. The van der Waals surface area contributed by atoms with Crippen molar-refractivity contribution in [2.45, 2.75) is 58.3 Å². The van der Waals surface area contributed by atoms with Crippen LogP contribution in [0.1, 0.15) is 67.9 Å². The summed E-state index contributed by atoms with van der Waals surface area (Å²) in [7, 11) is 1.53. The molecule has 1 aromatic heterocycles. The smallest absolute Gasteiger partial charge is 0.225 e. The number of methoxy groups -OCH3 is 1. The Morgan fingerprint density at radius 3 is 2.70 bits per heavy atom. The predicted molar refractivity (Wildman–Crippen MR) is 115 cm³/mol. The third-order valence-electron chi connectivity index (χ3n) is 5.51. The highest BCUT2D eigenvalue weighted by Crippen LogP contribution is 2.29. The minimum absolute atomic E-state index is 0.0308. The van der Waals surface area contributed by atoms with Gasteiger partial charge in [0.25, 0.3) is 0 Å². The van der Waals surface area contributed by atoms with E-state index in [0.29, 0.717) is 42.3 Å². The third kappa shape index (κ3) is 6.34. The van der Waals surface area contributed by atoms with Gasteiger partial charge >= 0.3 is 0 Å². The van der Waals surface area contributed by atoms with Crippen molar-refractivity contribution in [3.8, 4) is 11.5 Å². The molecule has 30 heavy (non-hydrogen) atoms. The first-order chi connectivity index (χ1) is 14.5. The molecule has 1 heterocycles. The molecular formula is C23H31N3O4. The van der Waals surface area contributed by atoms with Crippen LogP contribution in [0, 0.1) is 5.92 Å². The van der Waals surface area contributed by atoms with E-state index >= 15 is 0 Å². The highest BCUT2D eigenvalue weighted by molar-refractivity contribution is 5.94. The first kappa shape index (κ1) is 21.9. The molecule has 1 amide bonds. The number of nitrogens with zero attached hydrogens (tertiary/aromatic N) is 1. The highest BCUT2D eigenvalue weighted by Gasteiger charge is 2.15. The van der Waals surface area contributed by atoms with E-state index in [1.165, 1.54) is 46.1 Å². The summed E-state index contributed by atoms with van der Waals surface area (Å²) in [6, 6.07) is 7.01. The van der Waals surface area contributed by atoms with E-state index in [4.69, 9.17) is 9.47 Å². The molecule has 0 unspecified atom stereocenters. The average molecular weight is 414 g/mol. The molecule has 0 radical (unpaired) electrons. The number of aromatic nitrogens is 2. The molecule has 0 aliphatic heterocycles. The Labute approximate surface area is 177 Å². The number of Topliss-reactive ketones (excluding diaryl/α,β-unsaturated/α-hetero) is 1. The van der Waals surface area contributed by atoms with E-state index in [2.05, 4.69) is 15.5 Å². The van der Waals surface area contributed by atoms with E-state index in [-0.39, 0.29) is 11.7 Å². The molecule has 0 spiro atoms. The molecule has 162 valence electrons. The maximum Gasteiger partial charge on any atom is 0.225 e. The van der Waals surface area contributed by atoms with E-state index in [0.717, 1.165) is 18.0 Å². The van der Waals surface area contributed by atoms with Gasteiger partial charge in [0.05, 0.1) is 13.7 Å². The number of carbonyl (C=O) groups is 2. The molecule has 1 aliphatic rings. The average Bonchev–Trinajstić information content (AvgIpc) is 3.18. The van der Waals surface area contributed by atoms with Crippen molar-refractivity contribution < 1.29 is 19.1 Å². The van der Waals surface area contributed by atoms with Crippen molar-refractivity contribution in [2.75, 3.05) is 19.0 Å². The quantitative estimate of drug-likeness (QED) is 0.440. The van der Waals surface area contributed by atoms with Crippen LogP contribution in [0.5, 0.6) is 11.5 Å². The van der Waals surface area contributed by atoms with Gasteiger partial charge in [-0.15, -0.1) is 0 Å². The largest absolute Gasteiger partial charge is 0.493 e. The Hall–Kier alpha value is -2.83. The molecule has 1 fully saturated rings. The lowest BCUT2D eigenvalue weighted by Gasteiger charge is -2.20. The second-order valence-electron chi connectivity index (χ2n) is 7.91. The lowest BCUT2D eigenvalue weighted by molar-refractivity contribution is -0.116. The topological polar surface area (TPSA) is 93.3 Å². The van der Waals surface area contributed by atoms with Gasteiger partial charge in [-0.2, -0.15) is 5.10 Å². The van der Waals surface area contributed by atoms with Gasteiger partial charge in [0.1, 0.15) is 0 Å². The van der Waals surface area contributed by atoms with Gasteiger partial charge in [-0.3, -0.25) is 14.7 Å². The summed E-state index contributed by atoms with van der Waals surface area (Å²) in [6.07, 6.45) is 8.43. The van der Waals surface area contributed by atoms with Crippen LogP contribution in [-0.4, -0.2) is 35.6 Å². The number of benzene rings is 1. The summed E-state index contributed by atoms with van der Waals surface area (Å²) in [5, 5.41) is 10.1. The zero-order valence-electron chi connectivity index (χ0n) is 17.8. The number of hydrogen-bond donors (Lipinski definition) is 2. The highest BCUT2D eigenvalue weighted by atomic mass is 16.5. The van der Waals surface area contributed by atoms with Crippen LogP contribution in [0.25, 0.3) is 0 Å². The van der Waals surface area contributed by atoms with Crippen molar-refractivity contribution >= 4 is 17.5 Å². The molecule has 2 N–H and O–H groups in total. The van der Waals surface area contributed by atoms with Crippen LogP contribution in [0.3, 0.4) is 0 Å². The summed E-state index contributed by atoms with van der Waals surface area (Å²) in [4.78, 5) is 23.6. The van der Waals surface area contributed by atoms with Crippen LogP contribution >= 0.6 is 0 Å². The van der Waals surface area contributed by atoms with Crippen LogP contribution < -0.4 is 14.8 Å². The summed E-state index contributed by atoms with van der Waals surface area (Å²) in [6.45, 7) is 1.88. The molecule has 1 aromatic carbocycles. The van der Waals surface area contributed by atoms with E-state index in [1.54, 1.807) is 18.2 Å². The Balaban J connectivity index is 1.39. The van der Waals surface area contributed by atoms with Crippen LogP contribution in [0.4, 0.5) is 5.82 Å². The second kappa shape index (κ2) is 10.8. The van der Waals surface area contributed by atoms with Crippen molar-refractivity contribution in [1.29, 1.82) is 0 Å². The molecule has 0 saturated heterocycles. The molecule has 7 heteroatoms. The molecule has 2 aromatic rings. The van der Waals surface area contributed by atoms with Crippen molar-refractivity contribution in [3.63, 3.8) is 0 Å². The fraction of sp³-hybridized carbons (Fsp3) is 0.522. The van der Waals surface area contributed by atoms with Gasteiger partial charge in [0.15, 0.2) is 23.1 Å². The van der Waals surface area contributed by atoms with Crippen molar-refractivity contribution in [1.82, 2.24) is 10.2 Å². The summed E-state index contributed by atoms with van der Waals surface area (Å²) in [5.41, 5.74) is 1.65. The number of ketones is 1. The van der Waals surface area contributed by atoms with Crippen molar-refractivity contribution in [2.24, 2.45) is 5.92 Å². The molecule has 1 aliphatic carbocycles. The number of rotatable bonds is 10. The molecule has 0 bridgehead atoms. The first-order valence-corrected chi connectivity index (χ1v) is 10.7. The Kier molecular flexibility index (Phi) is 7.88. The van der Waals surface area contributed by atoms with Gasteiger partial charge in [0, 0.05) is 23.7 Å². The van der Waals surface area contributed by atoms with Crippen LogP contribution in [-0.2, 0) is 11.2 Å². The standard InChI is InChI=1S/C23H31N3O4/c1-16(27)18-10-11-20(21(14-18)29-2)30-12-6-9-23(28)24-22-15-19(25-26-22)13-17-7-4-3-5-8-17/h10-11,14-15,17H,3-9,12-13H2,1-2H3,(H2,24,25,26,28). The zero-order chi connectivity index (χ0) is 21.3. The fourth-order valence-electron chi connectivity index (χ4n) is 3.86. The number of amides is 1. The Morgan fingerprint density at radius 1 is 1.17 bits per heavy atom. The summed E-state index contributed by atoms with van der Waals surface area (Å²) >= 11 is 0. The van der Waals surface area contributed by atoms with Crippen LogP contribution in [0.2, 0.25) is 0 Å². The number of carbonyl (C=O) groups excluding carboxylic acids is 2. The molecule has 3 rings (SSSR count). The Bertz CT molecular complexity index is 856. The molecule has 0 atom stereocenters. The number of hydrogen-bond acceptors (Lipinski definition) is 5. The monoisotopic (exact) mass is 413 g/mol. The van der Waals surface area contributed by atoms with E-state index in [1.807, 2.05) is 6.07 Å². The zero-order valence-corrected chi connectivity index (χ0v) is 17.8. The lowest BCUT2D eigenvalue weighted by Crippen LogP contribution is -2.13. The van der Waals surface area contributed by atoms with E-state index in [9.17, 15) is 9.59 Å². The Morgan fingerprint density at radius 2 is 1.97 bits per heavy atom. The number of H-pyrrole nitrogens is 1. The van der Waals surface area contributed by atoms with Gasteiger partial charge < -0.3 is 14.8 Å². The molecule has 1 saturated carbocycles. The van der Waals surface area contributed by atoms with Gasteiger partial charge in [0.2, 0.25) is 5.91 Å². The number of aromatic amines is 1. The van der Waals surface area contributed by atoms with Gasteiger partial charge in [-0.05, 0) is 43.9 Å². The predicted octanol–water partition coefficient (Wildman–Crippen LogP) is 4.54. The number of ether oxygens (including phenoxy) is 2. The van der Waals surface area contributed by atoms with Gasteiger partial charge in [-0.1, -0.05) is 32.1 Å². The first-order valence-electron chi connectivity index (χ1n) is 10.7. The third-order valence-corrected chi connectivity index (χ3v) is 5.51. The maximum atomic E-state index is 12.2.